The number of fused-ring (bicyclic) bond motifs is 1. The zero-order chi connectivity index (χ0) is 16.4. The van der Waals surface area contributed by atoms with E-state index < -0.39 is 0 Å². The normalized spacial score (nSPS) is 22.5. The third kappa shape index (κ3) is 3.24. The van der Waals surface area contributed by atoms with Crippen LogP contribution in [-0.2, 0) is 6.42 Å². The van der Waals surface area contributed by atoms with Crippen molar-refractivity contribution >= 4 is 0 Å². The van der Waals surface area contributed by atoms with Crippen LogP contribution in [0, 0.1) is 11.7 Å². The second-order valence-corrected chi connectivity index (χ2v) is 6.64. The van der Waals surface area contributed by atoms with Crippen LogP contribution in [0.25, 0.3) is 0 Å². The fraction of sp³-hybridized carbons (Fsp3) is 0.400. The van der Waals surface area contributed by atoms with Gasteiger partial charge in [-0.3, -0.25) is 0 Å². The van der Waals surface area contributed by atoms with Crippen molar-refractivity contribution < 1.29 is 13.9 Å². The molecule has 2 aromatic carbocycles. The Hall–Kier alpha value is -2.07. The van der Waals surface area contributed by atoms with Gasteiger partial charge in [-0.1, -0.05) is 18.2 Å². The Kier molecular flexibility index (Phi) is 4.39. The number of rotatable bonds is 4. The summed E-state index contributed by atoms with van der Waals surface area (Å²) in [7, 11) is 0. The standard InChI is InChI=1S/C20H22FNO2/c21-17-6-4-15(5-7-17)18-9-10-22-12-16(18)3-1-14-2-8-19-20(11-14)24-13-23-19/h2,4-8,11,16,18,22H,1,3,9-10,12-13H2/t16-,18+/m1/s1. The Morgan fingerprint density at radius 2 is 1.88 bits per heavy atom. The van der Waals surface area contributed by atoms with Gasteiger partial charge in [0.15, 0.2) is 11.5 Å². The van der Waals surface area contributed by atoms with E-state index in [1.54, 1.807) is 12.1 Å². The molecule has 126 valence electrons. The fourth-order valence-corrected chi connectivity index (χ4v) is 3.82. The molecule has 0 aromatic heterocycles. The number of ether oxygens (including phenoxy) is 2. The van der Waals surface area contributed by atoms with Crippen LogP contribution in [-0.4, -0.2) is 19.9 Å². The lowest BCUT2D eigenvalue weighted by Crippen LogP contribution is -2.35. The van der Waals surface area contributed by atoms with E-state index in [4.69, 9.17) is 9.47 Å². The lowest BCUT2D eigenvalue weighted by atomic mass is 9.78. The summed E-state index contributed by atoms with van der Waals surface area (Å²) in [5.74, 6) is 2.59. The Bertz CT molecular complexity index is 701. The van der Waals surface area contributed by atoms with Gasteiger partial charge < -0.3 is 14.8 Å². The molecule has 0 radical (unpaired) electrons. The average molecular weight is 327 g/mol. The van der Waals surface area contributed by atoms with Gasteiger partial charge in [0.05, 0.1) is 0 Å². The highest BCUT2D eigenvalue weighted by atomic mass is 19.1. The van der Waals surface area contributed by atoms with E-state index in [-0.39, 0.29) is 5.82 Å². The molecular formula is C20H22FNO2. The summed E-state index contributed by atoms with van der Waals surface area (Å²) in [6.45, 7) is 2.37. The van der Waals surface area contributed by atoms with Gasteiger partial charge in [-0.25, -0.2) is 4.39 Å². The molecule has 2 aromatic rings. The van der Waals surface area contributed by atoms with E-state index in [2.05, 4.69) is 17.4 Å². The zero-order valence-corrected chi connectivity index (χ0v) is 13.6. The quantitative estimate of drug-likeness (QED) is 0.924. The maximum Gasteiger partial charge on any atom is 0.231 e. The predicted molar refractivity (Wildman–Crippen MR) is 91.0 cm³/mol. The van der Waals surface area contributed by atoms with Gasteiger partial charge in [-0.05, 0) is 79.6 Å². The minimum Gasteiger partial charge on any atom is -0.454 e. The summed E-state index contributed by atoms with van der Waals surface area (Å²) in [6.07, 6.45) is 3.23. The van der Waals surface area contributed by atoms with Crippen molar-refractivity contribution in [2.24, 2.45) is 5.92 Å². The van der Waals surface area contributed by atoms with E-state index in [1.807, 2.05) is 18.2 Å². The summed E-state index contributed by atoms with van der Waals surface area (Å²) < 4.78 is 24.0. The molecule has 0 amide bonds. The molecule has 1 N–H and O–H groups in total. The Balaban J connectivity index is 1.44. The molecule has 2 aliphatic rings. The van der Waals surface area contributed by atoms with Crippen LogP contribution in [0.3, 0.4) is 0 Å². The van der Waals surface area contributed by atoms with E-state index in [1.165, 1.54) is 11.1 Å². The van der Waals surface area contributed by atoms with E-state index in [9.17, 15) is 4.39 Å². The summed E-state index contributed by atoms with van der Waals surface area (Å²) in [4.78, 5) is 0. The molecule has 4 rings (SSSR count). The Morgan fingerprint density at radius 1 is 1.04 bits per heavy atom. The Morgan fingerprint density at radius 3 is 2.75 bits per heavy atom. The first kappa shape index (κ1) is 15.5. The summed E-state index contributed by atoms with van der Waals surface area (Å²) >= 11 is 0. The highest BCUT2D eigenvalue weighted by Crippen LogP contribution is 2.35. The predicted octanol–water partition coefficient (Wildman–Crippen LogP) is 3.88. The van der Waals surface area contributed by atoms with Gasteiger partial charge in [-0.2, -0.15) is 0 Å². The lowest BCUT2D eigenvalue weighted by molar-refractivity contribution is 0.174. The number of hydrogen-bond acceptors (Lipinski definition) is 3. The van der Waals surface area contributed by atoms with Gasteiger partial charge >= 0.3 is 0 Å². The Labute approximate surface area is 141 Å². The average Bonchev–Trinajstić information content (AvgIpc) is 3.09. The molecule has 1 fully saturated rings. The van der Waals surface area contributed by atoms with Crippen molar-refractivity contribution in [2.75, 3.05) is 19.9 Å². The minimum absolute atomic E-state index is 0.162. The van der Waals surface area contributed by atoms with Crippen LogP contribution in [0.5, 0.6) is 11.5 Å². The maximum atomic E-state index is 13.2. The van der Waals surface area contributed by atoms with Crippen LogP contribution in [0.2, 0.25) is 0 Å². The van der Waals surface area contributed by atoms with Crippen molar-refractivity contribution in [1.82, 2.24) is 5.32 Å². The van der Waals surface area contributed by atoms with Crippen LogP contribution >= 0.6 is 0 Å². The summed E-state index contributed by atoms with van der Waals surface area (Å²) in [5.41, 5.74) is 2.54. The first-order chi connectivity index (χ1) is 11.8. The summed E-state index contributed by atoms with van der Waals surface area (Å²) in [6, 6.07) is 13.2. The van der Waals surface area contributed by atoms with Gasteiger partial charge in [0.25, 0.3) is 0 Å². The zero-order valence-electron chi connectivity index (χ0n) is 13.6. The molecule has 4 heteroatoms. The van der Waals surface area contributed by atoms with Crippen molar-refractivity contribution in [3.8, 4) is 11.5 Å². The van der Waals surface area contributed by atoms with E-state index in [0.29, 0.717) is 18.6 Å². The number of aryl methyl sites for hydroxylation is 1. The van der Waals surface area contributed by atoms with Gasteiger partial charge in [0, 0.05) is 0 Å². The third-order valence-electron chi connectivity index (χ3n) is 5.15. The van der Waals surface area contributed by atoms with Crippen molar-refractivity contribution in [1.29, 1.82) is 0 Å². The molecule has 0 aliphatic carbocycles. The van der Waals surface area contributed by atoms with Crippen molar-refractivity contribution in [3.63, 3.8) is 0 Å². The lowest BCUT2D eigenvalue weighted by Gasteiger charge is -2.32. The fourth-order valence-electron chi connectivity index (χ4n) is 3.82. The number of benzene rings is 2. The first-order valence-electron chi connectivity index (χ1n) is 8.64. The highest BCUT2D eigenvalue weighted by Gasteiger charge is 2.26. The number of nitrogens with one attached hydrogen (secondary N) is 1. The van der Waals surface area contributed by atoms with Gasteiger partial charge in [0.2, 0.25) is 6.79 Å². The molecule has 24 heavy (non-hydrogen) atoms. The number of piperidine rings is 1. The van der Waals surface area contributed by atoms with E-state index >= 15 is 0 Å². The molecule has 0 saturated carbocycles. The smallest absolute Gasteiger partial charge is 0.231 e. The molecule has 3 nitrogen and oxygen atoms in total. The molecule has 2 heterocycles. The number of halogens is 1. The SMILES string of the molecule is Fc1ccc([C@@H]2CCNC[C@H]2CCc2ccc3c(c2)OCO3)cc1. The second kappa shape index (κ2) is 6.81. The molecule has 0 spiro atoms. The first-order valence-corrected chi connectivity index (χ1v) is 8.64. The molecule has 2 aliphatic heterocycles. The van der Waals surface area contributed by atoms with E-state index in [0.717, 1.165) is 43.9 Å². The third-order valence-corrected chi connectivity index (χ3v) is 5.15. The summed E-state index contributed by atoms with van der Waals surface area (Å²) in [5, 5.41) is 3.51. The molecule has 2 atom stereocenters. The number of hydrogen-bond donors (Lipinski definition) is 1. The molecular weight excluding hydrogens is 305 g/mol. The monoisotopic (exact) mass is 327 g/mol. The van der Waals surface area contributed by atoms with Gasteiger partial charge in [-0.15, -0.1) is 0 Å². The second-order valence-electron chi connectivity index (χ2n) is 6.64. The van der Waals surface area contributed by atoms with Crippen LogP contribution in [0.4, 0.5) is 4.39 Å². The largest absolute Gasteiger partial charge is 0.454 e. The van der Waals surface area contributed by atoms with Crippen molar-refractivity contribution in [2.45, 2.75) is 25.2 Å². The molecule has 1 saturated heterocycles. The minimum atomic E-state index is -0.162. The molecule has 0 unspecified atom stereocenters. The van der Waals surface area contributed by atoms with Gasteiger partial charge in [0.1, 0.15) is 5.82 Å². The van der Waals surface area contributed by atoms with Crippen LogP contribution in [0.15, 0.2) is 42.5 Å². The van der Waals surface area contributed by atoms with Crippen molar-refractivity contribution in [3.05, 3.63) is 59.4 Å². The molecule has 0 bridgehead atoms. The van der Waals surface area contributed by atoms with Crippen LogP contribution < -0.4 is 14.8 Å². The highest BCUT2D eigenvalue weighted by molar-refractivity contribution is 5.44. The van der Waals surface area contributed by atoms with Crippen LogP contribution in [0.1, 0.15) is 29.9 Å². The topological polar surface area (TPSA) is 30.5 Å². The maximum absolute atomic E-state index is 13.2.